The van der Waals surface area contributed by atoms with E-state index in [-0.39, 0.29) is 50.0 Å². The summed E-state index contributed by atoms with van der Waals surface area (Å²) >= 11 is 12.7. The summed E-state index contributed by atoms with van der Waals surface area (Å²) in [5.74, 6) is -0.228. The van der Waals surface area contributed by atoms with Gasteiger partial charge < -0.3 is 14.8 Å². The Labute approximate surface area is 213 Å². The van der Waals surface area contributed by atoms with Crippen LogP contribution in [0.25, 0.3) is 0 Å². The number of nitrogens with one attached hydrogen (secondary N) is 1. The highest BCUT2D eigenvalue weighted by molar-refractivity contribution is 7.90. The molecule has 3 rings (SSSR count). The summed E-state index contributed by atoms with van der Waals surface area (Å²) in [7, 11) is -1.93. The fourth-order valence-electron chi connectivity index (χ4n) is 3.13. The van der Waals surface area contributed by atoms with Crippen LogP contribution in [0.15, 0.2) is 53.6 Å². The Morgan fingerprint density at radius 1 is 1.14 bits per heavy atom. The van der Waals surface area contributed by atoms with Crippen molar-refractivity contribution in [3.63, 3.8) is 0 Å². The van der Waals surface area contributed by atoms with Gasteiger partial charge in [0.05, 0.1) is 39.4 Å². The molecule has 0 saturated heterocycles. The summed E-state index contributed by atoms with van der Waals surface area (Å²) in [4.78, 5) is 17.0. The van der Waals surface area contributed by atoms with Gasteiger partial charge in [-0.25, -0.2) is 17.8 Å². The molecule has 186 valence electrons. The van der Waals surface area contributed by atoms with Gasteiger partial charge in [-0.15, -0.1) is 0 Å². The van der Waals surface area contributed by atoms with E-state index in [1.54, 1.807) is 12.1 Å². The van der Waals surface area contributed by atoms with Crippen LogP contribution in [0.3, 0.4) is 0 Å². The van der Waals surface area contributed by atoms with Crippen LogP contribution in [-0.4, -0.2) is 32.7 Å². The van der Waals surface area contributed by atoms with Gasteiger partial charge >= 0.3 is 0 Å². The van der Waals surface area contributed by atoms with Crippen LogP contribution in [0.5, 0.6) is 17.4 Å². The topological polar surface area (TPSA) is 94.6 Å². The second-order valence-electron chi connectivity index (χ2n) is 8.14. The summed E-state index contributed by atoms with van der Waals surface area (Å²) in [6, 6.07) is 10.5. The maximum Gasteiger partial charge on any atom is 0.253 e. The number of carbonyl (C=O) groups is 1. The quantitative estimate of drug-likeness (QED) is 0.392. The Morgan fingerprint density at radius 3 is 2.37 bits per heavy atom. The third-order valence-corrected chi connectivity index (χ3v) is 6.78. The number of amides is 1. The summed E-state index contributed by atoms with van der Waals surface area (Å²) in [6.45, 7) is 2.85. The standard InChI is InChI=1S/C24H23Cl2FN2O5S/c1-24(2,27)18-11-15(13-29-23(18)33-3)34-21-19(25)10-9-17(20(21)26)22(30)28-12-14-5-7-16(8-6-14)35(4,31)32/h5-11,13H,12H2,1-4H3,(H,28,30). The van der Waals surface area contributed by atoms with E-state index in [1.807, 2.05) is 0 Å². The fourth-order valence-corrected chi connectivity index (χ4v) is 4.29. The van der Waals surface area contributed by atoms with Crippen molar-refractivity contribution >= 4 is 38.9 Å². The van der Waals surface area contributed by atoms with Gasteiger partial charge in [0.25, 0.3) is 5.91 Å². The van der Waals surface area contributed by atoms with Crippen LogP contribution < -0.4 is 14.8 Å². The number of nitrogens with zero attached hydrogens (tertiary/aromatic N) is 1. The molecule has 0 aliphatic carbocycles. The zero-order valence-corrected chi connectivity index (χ0v) is 21.7. The van der Waals surface area contributed by atoms with E-state index >= 15 is 0 Å². The lowest BCUT2D eigenvalue weighted by Crippen LogP contribution is -2.23. The van der Waals surface area contributed by atoms with E-state index < -0.39 is 21.4 Å². The number of sulfone groups is 1. The molecular weight excluding hydrogens is 518 g/mol. The number of aromatic nitrogens is 1. The highest BCUT2D eigenvalue weighted by atomic mass is 35.5. The number of ether oxygens (including phenoxy) is 2. The van der Waals surface area contributed by atoms with Gasteiger partial charge in [-0.2, -0.15) is 0 Å². The third-order valence-electron chi connectivity index (χ3n) is 4.98. The van der Waals surface area contributed by atoms with Gasteiger partial charge in [-0.3, -0.25) is 4.79 Å². The minimum Gasteiger partial charge on any atom is -0.481 e. The third kappa shape index (κ3) is 6.42. The predicted octanol–water partition coefficient (Wildman–Crippen LogP) is 5.73. The molecule has 0 radical (unpaired) electrons. The lowest BCUT2D eigenvalue weighted by atomic mass is 10.0. The van der Waals surface area contributed by atoms with Gasteiger partial charge in [0.1, 0.15) is 11.4 Å². The molecule has 0 atom stereocenters. The first-order valence-corrected chi connectivity index (χ1v) is 12.9. The van der Waals surface area contributed by atoms with E-state index in [2.05, 4.69) is 10.3 Å². The molecular formula is C24H23Cl2FN2O5S. The normalized spacial score (nSPS) is 11.7. The fraction of sp³-hybridized carbons (Fsp3) is 0.250. The van der Waals surface area contributed by atoms with Crippen LogP contribution >= 0.6 is 23.2 Å². The molecule has 0 fully saturated rings. The van der Waals surface area contributed by atoms with Gasteiger partial charge in [0, 0.05) is 12.8 Å². The van der Waals surface area contributed by atoms with E-state index in [4.69, 9.17) is 32.7 Å². The average molecular weight is 541 g/mol. The van der Waals surface area contributed by atoms with Crippen LogP contribution in [-0.2, 0) is 22.1 Å². The molecule has 3 aromatic rings. The van der Waals surface area contributed by atoms with E-state index in [1.165, 1.54) is 57.5 Å². The van der Waals surface area contributed by atoms with Crippen molar-refractivity contribution in [2.24, 2.45) is 0 Å². The number of hydrogen-bond donors (Lipinski definition) is 1. The summed E-state index contributed by atoms with van der Waals surface area (Å²) in [5.41, 5.74) is -0.795. The second-order valence-corrected chi connectivity index (χ2v) is 10.9. The number of methoxy groups -OCH3 is 1. The Hall–Kier alpha value is -2.88. The van der Waals surface area contributed by atoms with Crippen LogP contribution in [0.4, 0.5) is 4.39 Å². The minimum absolute atomic E-state index is 0.00747. The molecule has 2 aromatic carbocycles. The van der Waals surface area contributed by atoms with Crippen molar-refractivity contribution in [1.29, 1.82) is 0 Å². The summed E-state index contributed by atoms with van der Waals surface area (Å²) in [6.07, 6.45) is 2.45. The molecule has 1 amide bonds. The maximum atomic E-state index is 14.6. The first kappa shape index (κ1) is 26.7. The zero-order valence-electron chi connectivity index (χ0n) is 19.4. The molecule has 7 nitrogen and oxygen atoms in total. The number of pyridine rings is 1. The average Bonchev–Trinajstić information content (AvgIpc) is 2.79. The molecule has 0 bridgehead atoms. The van der Waals surface area contributed by atoms with Crippen molar-refractivity contribution in [3.05, 3.63) is 75.4 Å². The number of halogens is 3. The van der Waals surface area contributed by atoms with Crippen LogP contribution in [0.1, 0.15) is 35.3 Å². The Morgan fingerprint density at radius 2 is 1.80 bits per heavy atom. The van der Waals surface area contributed by atoms with Crippen LogP contribution in [0, 0.1) is 0 Å². The van der Waals surface area contributed by atoms with E-state index in [9.17, 15) is 17.6 Å². The number of hydrogen-bond acceptors (Lipinski definition) is 6. The molecule has 11 heteroatoms. The minimum atomic E-state index is -3.31. The monoisotopic (exact) mass is 540 g/mol. The highest BCUT2D eigenvalue weighted by Gasteiger charge is 2.26. The van der Waals surface area contributed by atoms with Gasteiger partial charge in [-0.05, 0) is 49.7 Å². The van der Waals surface area contributed by atoms with E-state index in [0.717, 1.165) is 6.26 Å². The molecule has 1 N–H and O–H groups in total. The van der Waals surface area contributed by atoms with E-state index in [0.29, 0.717) is 5.56 Å². The number of carbonyl (C=O) groups excluding carboxylic acids is 1. The molecule has 35 heavy (non-hydrogen) atoms. The molecule has 0 unspecified atom stereocenters. The van der Waals surface area contributed by atoms with Crippen LogP contribution in [0.2, 0.25) is 10.0 Å². The molecule has 1 aromatic heterocycles. The number of alkyl halides is 1. The van der Waals surface area contributed by atoms with Gasteiger partial charge in [-0.1, -0.05) is 35.3 Å². The Kier molecular flexibility index (Phi) is 7.93. The molecule has 0 aliphatic rings. The van der Waals surface area contributed by atoms with Gasteiger partial charge in [0.15, 0.2) is 15.6 Å². The second kappa shape index (κ2) is 10.4. The lowest BCUT2D eigenvalue weighted by molar-refractivity contribution is 0.0950. The molecule has 0 aliphatic heterocycles. The lowest BCUT2D eigenvalue weighted by Gasteiger charge is -2.19. The summed E-state index contributed by atoms with van der Waals surface area (Å²) < 4.78 is 48.7. The smallest absolute Gasteiger partial charge is 0.253 e. The highest BCUT2D eigenvalue weighted by Crippen LogP contribution is 2.40. The number of rotatable bonds is 8. The molecule has 1 heterocycles. The zero-order chi connectivity index (χ0) is 26.0. The largest absolute Gasteiger partial charge is 0.481 e. The van der Waals surface area contributed by atoms with Crippen molar-refractivity contribution in [2.45, 2.75) is 31.0 Å². The van der Waals surface area contributed by atoms with Crippen molar-refractivity contribution in [3.8, 4) is 17.4 Å². The maximum absolute atomic E-state index is 14.6. The van der Waals surface area contributed by atoms with Crippen molar-refractivity contribution in [2.75, 3.05) is 13.4 Å². The molecule has 0 saturated carbocycles. The Balaban J connectivity index is 1.82. The Bertz CT molecular complexity index is 1360. The summed E-state index contributed by atoms with van der Waals surface area (Å²) in [5, 5.41) is 2.82. The number of benzene rings is 2. The van der Waals surface area contributed by atoms with Gasteiger partial charge in [0.2, 0.25) is 5.88 Å². The first-order valence-electron chi connectivity index (χ1n) is 10.3. The first-order chi connectivity index (χ1) is 16.3. The predicted molar refractivity (Wildman–Crippen MR) is 132 cm³/mol. The van der Waals surface area contributed by atoms with Crippen molar-refractivity contribution < 1.29 is 27.1 Å². The SMILES string of the molecule is COc1ncc(Oc2c(Cl)ccc(C(=O)NCc3ccc(S(C)(=O)=O)cc3)c2Cl)cc1C(C)(C)F. The molecule has 0 spiro atoms. The van der Waals surface area contributed by atoms with Crippen molar-refractivity contribution in [1.82, 2.24) is 10.3 Å².